The first-order chi connectivity index (χ1) is 25.9. The van der Waals surface area contributed by atoms with E-state index < -0.39 is 10.8 Å². The summed E-state index contributed by atoms with van der Waals surface area (Å²) in [6.45, 7) is 0. The van der Waals surface area contributed by atoms with Crippen LogP contribution in [0.25, 0.3) is 22.3 Å². The van der Waals surface area contributed by atoms with E-state index in [9.17, 15) is 14.7 Å². The summed E-state index contributed by atoms with van der Waals surface area (Å²) in [7, 11) is 4.97. The van der Waals surface area contributed by atoms with Crippen LogP contribution in [0.2, 0.25) is 0 Å². The van der Waals surface area contributed by atoms with Gasteiger partial charge in [-0.15, -0.1) is 22.7 Å². The number of thiophene rings is 2. The molecule has 0 saturated heterocycles. The van der Waals surface area contributed by atoms with Crippen molar-refractivity contribution < 1.29 is 28.9 Å². The van der Waals surface area contributed by atoms with Gasteiger partial charge >= 0.3 is 0 Å². The fraction of sp³-hybridized carbons (Fsp3) is 0.111. The van der Waals surface area contributed by atoms with Crippen molar-refractivity contribution in [2.45, 2.75) is 10.8 Å². The van der Waals surface area contributed by atoms with E-state index in [2.05, 4.69) is 48.5 Å². The number of fused-ring (bicyclic) bond motifs is 6. The molecule has 2 heterocycles. The third kappa shape index (κ3) is 4.55. The number of aldehydes is 2. The van der Waals surface area contributed by atoms with Gasteiger partial charge in [0.1, 0.15) is 23.0 Å². The maximum atomic E-state index is 12.5. The van der Waals surface area contributed by atoms with Gasteiger partial charge in [0.15, 0.2) is 12.6 Å². The summed E-state index contributed by atoms with van der Waals surface area (Å²) in [6.07, 6.45) is 1.85. The second kappa shape index (κ2) is 12.3. The van der Waals surface area contributed by atoms with Gasteiger partial charge in [-0.1, -0.05) is 48.5 Å². The number of aromatic hydroxyl groups is 1. The quantitative estimate of drug-likeness (QED) is 0.149. The molecule has 1 unspecified atom stereocenters. The Kier molecular flexibility index (Phi) is 7.66. The third-order valence-electron chi connectivity index (χ3n) is 10.8. The third-order valence-corrected chi connectivity index (χ3v) is 13.2. The highest BCUT2D eigenvalue weighted by Gasteiger charge is 2.53. The molecular weight excluding hydrogens is 701 g/mol. The molecule has 0 fully saturated rings. The number of carbonyl (C=O) groups is 2. The number of hydrogen-bond donors (Lipinski definition) is 1. The topological polar surface area (TPSA) is 82.1 Å². The number of hydrogen-bond acceptors (Lipinski definition) is 8. The number of phenolic OH excluding ortho intramolecular Hbond substituents is 1. The zero-order chi connectivity index (χ0) is 36.5. The predicted molar refractivity (Wildman–Crippen MR) is 209 cm³/mol. The fourth-order valence-electron chi connectivity index (χ4n) is 8.52. The molecule has 8 heteroatoms. The summed E-state index contributed by atoms with van der Waals surface area (Å²) in [5.74, 6) is 2.38. The Morgan fingerprint density at radius 1 is 0.472 bits per heavy atom. The van der Waals surface area contributed by atoms with Crippen LogP contribution in [0.3, 0.4) is 0 Å². The SMILES string of the molecule is COc1ccc(C2(c3ccc(O)cc3)c3cc4c(cc3-c3cc(C=O)sc32)C(c2ccc(OC)cc2)(c2ccc(OC)cc2)c2sc(C=O)cc2-4)cc1. The lowest BCUT2D eigenvalue weighted by atomic mass is 9.68. The Balaban J connectivity index is 1.43. The molecular formula is C45H32O6S2. The molecule has 0 aliphatic heterocycles. The van der Waals surface area contributed by atoms with E-state index in [0.29, 0.717) is 9.75 Å². The largest absolute Gasteiger partial charge is 0.508 e. The van der Waals surface area contributed by atoms with Gasteiger partial charge in [-0.2, -0.15) is 0 Å². The van der Waals surface area contributed by atoms with Gasteiger partial charge in [0.2, 0.25) is 0 Å². The molecule has 0 saturated carbocycles. The molecule has 0 spiro atoms. The second-order valence-electron chi connectivity index (χ2n) is 13.2. The standard InChI is InChI=1S/C45H32O6S2/c1-49-31-14-6-27(7-15-31)44(26-4-12-30(48)13-5-26)40-22-37-39-21-35(25-47)53-43(39)45(28-8-16-32(50-2)17-9-28,29-10-18-33(51-3)19-11-29)41(37)23-36(40)38-20-34(24-46)52-42(38)44/h4-25,48H,1-3H3. The maximum absolute atomic E-state index is 12.5. The number of carbonyl (C=O) groups excluding carboxylic acids is 2. The summed E-state index contributed by atoms with van der Waals surface area (Å²) in [5.41, 5.74) is 8.53. The Hall–Kier alpha value is -5.96. The minimum absolute atomic E-state index is 0.166. The van der Waals surface area contributed by atoms with Crippen molar-refractivity contribution in [1.82, 2.24) is 0 Å². The van der Waals surface area contributed by atoms with Crippen LogP contribution in [0.1, 0.15) is 62.5 Å². The Morgan fingerprint density at radius 3 is 1.09 bits per heavy atom. The molecule has 0 radical (unpaired) electrons. The Morgan fingerprint density at radius 2 is 0.792 bits per heavy atom. The van der Waals surface area contributed by atoms with Crippen LogP contribution in [0.15, 0.2) is 121 Å². The van der Waals surface area contributed by atoms with Crippen molar-refractivity contribution in [2.24, 2.45) is 0 Å². The monoisotopic (exact) mass is 732 g/mol. The maximum Gasteiger partial charge on any atom is 0.160 e. The lowest BCUT2D eigenvalue weighted by Gasteiger charge is -2.35. The van der Waals surface area contributed by atoms with Crippen molar-refractivity contribution in [2.75, 3.05) is 21.3 Å². The Labute approximate surface area is 314 Å². The van der Waals surface area contributed by atoms with E-state index in [4.69, 9.17) is 14.2 Å². The first kappa shape index (κ1) is 32.9. The smallest absolute Gasteiger partial charge is 0.160 e. The lowest BCUT2D eigenvalue weighted by Crippen LogP contribution is -2.29. The molecule has 53 heavy (non-hydrogen) atoms. The van der Waals surface area contributed by atoms with Crippen molar-refractivity contribution in [3.05, 3.63) is 174 Å². The summed E-state index contributed by atoms with van der Waals surface area (Å²) in [6, 6.07) is 40.4. The van der Waals surface area contributed by atoms with Crippen LogP contribution in [0.5, 0.6) is 23.0 Å². The number of methoxy groups -OCH3 is 3. The molecule has 1 atom stereocenters. The zero-order valence-corrected chi connectivity index (χ0v) is 30.6. The first-order valence-electron chi connectivity index (χ1n) is 17.0. The molecule has 0 bridgehead atoms. The summed E-state index contributed by atoms with van der Waals surface area (Å²) in [5, 5.41) is 10.5. The molecule has 5 aromatic carbocycles. The lowest BCUT2D eigenvalue weighted by molar-refractivity contribution is 0.111. The number of ether oxygens (including phenoxy) is 3. The fourth-order valence-corrected chi connectivity index (χ4v) is 11.0. The van der Waals surface area contributed by atoms with Crippen molar-refractivity contribution >= 4 is 35.2 Å². The van der Waals surface area contributed by atoms with Crippen LogP contribution >= 0.6 is 22.7 Å². The average molecular weight is 733 g/mol. The van der Waals surface area contributed by atoms with Crippen molar-refractivity contribution in [3.63, 3.8) is 0 Å². The van der Waals surface area contributed by atoms with Crippen LogP contribution in [0, 0.1) is 0 Å². The van der Waals surface area contributed by atoms with Gasteiger partial charge in [-0.05, 0) is 128 Å². The van der Waals surface area contributed by atoms with E-state index in [1.54, 1.807) is 33.5 Å². The van der Waals surface area contributed by atoms with E-state index >= 15 is 0 Å². The van der Waals surface area contributed by atoms with Crippen LogP contribution in [-0.2, 0) is 10.8 Å². The highest BCUT2D eigenvalue weighted by molar-refractivity contribution is 7.15. The normalized spacial score (nSPS) is 15.9. The molecule has 2 aliphatic carbocycles. The van der Waals surface area contributed by atoms with Gasteiger partial charge in [-0.3, -0.25) is 9.59 Å². The Bertz CT molecular complexity index is 2500. The molecule has 260 valence electrons. The van der Waals surface area contributed by atoms with Crippen molar-refractivity contribution in [1.29, 1.82) is 0 Å². The van der Waals surface area contributed by atoms with E-state index in [0.717, 1.165) is 95.2 Å². The number of benzene rings is 5. The molecule has 1 N–H and O–H groups in total. The molecule has 6 nitrogen and oxygen atoms in total. The number of phenols is 1. The average Bonchev–Trinajstić information content (AvgIpc) is 3.96. The van der Waals surface area contributed by atoms with Gasteiger partial charge in [0, 0.05) is 9.75 Å². The summed E-state index contributed by atoms with van der Waals surface area (Å²) in [4.78, 5) is 28.3. The van der Waals surface area contributed by atoms with Crippen LogP contribution in [0.4, 0.5) is 0 Å². The van der Waals surface area contributed by atoms with Gasteiger partial charge in [0.05, 0.1) is 41.9 Å². The molecule has 2 aliphatic rings. The zero-order valence-electron chi connectivity index (χ0n) is 29.0. The van der Waals surface area contributed by atoms with E-state index in [-0.39, 0.29) is 5.75 Å². The minimum Gasteiger partial charge on any atom is -0.508 e. The first-order valence-corrected chi connectivity index (χ1v) is 18.7. The van der Waals surface area contributed by atoms with Crippen molar-refractivity contribution in [3.8, 4) is 45.3 Å². The van der Waals surface area contributed by atoms with Crippen LogP contribution < -0.4 is 14.2 Å². The van der Waals surface area contributed by atoms with Gasteiger partial charge in [-0.25, -0.2) is 0 Å². The van der Waals surface area contributed by atoms with Crippen LogP contribution in [-0.4, -0.2) is 39.0 Å². The summed E-state index contributed by atoms with van der Waals surface area (Å²) < 4.78 is 16.8. The van der Waals surface area contributed by atoms with Gasteiger partial charge < -0.3 is 19.3 Å². The second-order valence-corrected chi connectivity index (χ2v) is 15.4. The molecule has 0 amide bonds. The molecule has 9 rings (SSSR count). The van der Waals surface area contributed by atoms with E-state index in [1.165, 1.54) is 22.7 Å². The van der Waals surface area contributed by atoms with E-state index in [1.807, 2.05) is 60.7 Å². The highest BCUT2D eigenvalue weighted by atomic mass is 32.1. The predicted octanol–water partition coefficient (Wildman–Crippen LogP) is 9.89. The molecule has 7 aromatic rings. The summed E-state index contributed by atoms with van der Waals surface area (Å²) >= 11 is 2.99. The van der Waals surface area contributed by atoms with Gasteiger partial charge in [0.25, 0.3) is 0 Å². The minimum atomic E-state index is -0.833. The number of rotatable bonds is 9. The molecule has 2 aromatic heterocycles. The highest BCUT2D eigenvalue weighted by Crippen LogP contribution is 2.65.